The van der Waals surface area contributed by atoms with E-state index in [1.165, 1.54) is 17.5 Å². The molecule has 1 aromatic heterocycles. The summed E-state index contributed by atoms with van der Waals surface area (Å²) in [5, 5.41) is 4.38. The van der Waals surface area contributed by atoms with Crippen molar-refractivity contribution in [1.82, 2.24) is 4.98 Å². The van der Waals surface area contributed by atoms with Crippen molar-refractivity contribution in [2.75, 3.05) is 10.0 Å². The molecular weight excluding hydrogens is 358 g/mol. The topological polar surface area (TPSA) is 88.2 Å². The lowest BCUT2D eigenvalue weighted by Crippen LogP contribution is -2.14. The number of nitrogens with zero attached hydrogens (tertiary/aromatic N) is 1. The lowest BCUT2D eigenvalue weighted by atomic mass is 10.2. The molecule has 0 aliphatic rings. The van der Waals surface area contributed by atoms with E-state index >= 15 is 0 Å². The number of carbonyl (C=O) groups is 1. The predicted octanol–water partition coefficient (Wildman–Crippen LogP) is 3.50. The van der Waals surface area contributed by atoms with Crippen molar-refractivity contribution in [3.8, 4) is 0 Å². The maximum Gasteiger partial charge on any atom is 0.275 e. The van der Waals surface area contributed by atoms with Crippen LogP contribution in [-0.2, 0) is 10.0 Å². The second-order valence-corrected chi connectivity index (χ2v) is 7.82. The second-order valence-electron chi connectivity index (χ2n) is 5.28. The van der Waals surface area contributed by atoms with E-state index in [2.05, 4.69) is 15.0 Å². The first kappa shape index (κ1) is 17.1. The first-order valence-electron chi connectivity index (χ1n) is 7.35. The Morgan fingerprint density at radius 2 is 1.84 bits per heavy atom. The van der Waals surface area contributed by atoms with Gasteiger partial charge in [-0.15, -0.1) is 11.3 Å². The molecule has 3 rings (SSSR count). The molecule has 8 heteroatoms. The number of nitrogens with one attached hydrogen (secondary N) is 2. The summed E-state index contributed by atoms with van der Waals surface area (Å²) in [4.78, 5) is 16.4. The van der Waals surface area contributed by atoms with Gasteiger partial charge in [-0.2, -0.15) is 0 Å². The molecule has 0 saturated carbocycles. The smallest absolute Gasteiger partial charge is 0.275 e. The Balaban J connectivity index is 1.73. The fourth-order valence-electron chi connectivity index (χ4n) is 2.12. The van der Waals surface area contributed by atoms with E-state index in [0.717, 1.165) is 16.9 Å². The molecule has 2 N–H and O–H groups in total. The average Bonchev–Trinajstić information content (AvgIpc) is 3.03. The minimum Gasteiger partial charge on any atom is -0.321 e. The monoisotopic (exact) mass is 373 g/mol. The number of thiazole rings is 1. The number of amides is 1. The first-order chi connectivity index (χ1) is 11.9. The SMILES string of the molecule is Cc1cccc(NC(=O)c2csc(NS(=O)(=O)c3ccccc3)n2)c1. The number of hydrogen-bond acceptors (Lipinski definition) is 5. The molecule has 3 aromatic rings. The van der Waals surface area contributed by atoms with Crippen molar-refractivity contribution in [1.29, 1.82) is 0 Å². The van der Waals surface area contributed by atoms with Gasteiger partial charge in [-0.25, -0.2) is 13.4 Å². The number of aromatic nitrogens is 1. The van der Waals surface area contributed by atoms with Crippen LogP contribution in [0.25, 0.3) is 0 Å². The standard InChI is InChI=1S/C17H15N3O3S2/c1-12-6-5-7-13(10-12)18-16(21)15-11-24-17(19-15)20-25(22,23)14-8-3-2-4-9-14/h2-11H,1H3,(H,18,21)(H,19,20). The van der Waals surface area contributed by atoms with E-state index in [-0.39, 0.29) is 15.7 Å². The number of hydrogen-bond donors (Lipinski definition) is 2. The van der Waals surface area contributed by atoms with E-state index in [0.29, 0.717) is 5.69 Å². The van der Waals surface area contributed by atoms with Gasteiger partial charge in [-0.1, -0.05) is 30.3 Å². The molecule has 25 heavy (non-hydrogen) atoms. The number of anilines is 2. The second kappa shape index (κ2) is 7.04. The molecule has 1 heterocycles. The van der Waals surface area contributed by atoms with E-state index in [1.807, 2.05) is 25.1 Å². The van der Waals surface area contributed by atoms with Crippen molar-refractivity contribution >= 4 is 38.1 Å². The van der Waals surface area contributed by atoms with Crippen LogP contribution in [0.2, 0.25) is 0 Å². The minimum atomic E-state index is -3.72. The summed E-state index contributed by atoms with van der Waals surface area (Å²) >= 11 is 1.05. The number of carbonyl (C=O) groups excluding carboxylic acids is 1. The molecule has 0 spiro atoms. The Kier molecular flexibility index (Phi) is 4.82. The van der Waals surface area contributed by atoms with E-state index in [9.17, 15) is 13.2 Å². The van der Waals surface area contributed by atoms with Crippen LogP contribution in [0.5, 0.6) is 0 Å². The molecule has 0 unspecified atom stereocenters. The van der Waals surface area contributed by atoms with Gasteiger partial charge in [0.15, 0.2) is 5.13 Å². The fourth-order valence-corrected chi connectivity index (χ4v) is 4.08. The lowest BCUT2D eigenvalue weighted by molar-refractivity contribution is 0.102. The van der Waals surface area contributed by atoms with Crippen molar-refractivity contribution in [2.45, 2.75) is 11.8 Å². The zero-order valence-corrected chi connectivity index (χ0v) is 14.9. The zero-order chi connectivity index (χ0) is 17.9. The van der Waals surface area contributed by atoms with Crippen molar-refractivity contribution in [3.63, 3.8) is 0 Å². The molecule has 0 atom stereocenters. The van der Waals surface area contributed by atoms with Crippen LogP contribution in [0, 0.1) is 6.92 Å². The molecule has 128 valence electrons. The number of benzene rings is 2. The summed E-state index contributed by atoms with van der Waals surface area (Å²) < 4.78 is 26.9. The Hall–Kier alpha value is -2.71. The Morgan fingerprint density at radius 3 is 2.56 bits per heavy atom. The normalized spacial score (nSPS) is 11.1. The summed E-state index contributed by atoms with van der Waals surface area (Å²) in [6.07, 6.45) is 0. The highest BCUT2D eigenvalue weighted by atomic mass is 32.2. The third kappa shape index (κ3) is 4.23. The van der Waals surface area contributed by atoms with Gasteiger partial charge in [-0.05, 0) is 36.8 Å². The Labute approximate surface area is 149 Å². The molecule has 1 amide bonds. The molecular formula is C17H15N3O3S2. The van der Waals surface area contributed by atoms with Crippen molar-refractivity contribution in [2.24, 2.45) is 0 Å². The number of aryl methyl sites for hydroxylation is 1. The Bertz CT molecular complexity index is 999. The largest absolute Gasteiger partial charge is 0.321 e. The molecule has 0 bridgehead atoms. The highest BCUT2D eigenvalue weighted by Crippen LogP contribution is 2.21. The van der Waals surface area contributed by atoms with Gasteiger partial charge in [0, 0.05) is 11.1 Å². The number of sulfonamides is 1. The maximum atomic E-state index is 12.3. The highest BCUT2D eigenvalue weighted by molar-refractivity contribution is 7.93. The van der Waals surface area contributed by atoms with Crippen LogP contribution in [-0.4, -0.2) is 19.3 Å². The molecule has 0 radical (unpaired) electrons. The zero-order valence-electron chi connectivity index (χ0n) is 13.3. The van der Waals surface area contributed by atoms with Crippen LogP contribution >= 0.6 is 11.3 Å². The highest BCUT2D eigenvalue weighted by Gasteiger charge is 2.17. The van der Waals surface area contributed by atoms with Gasteiger partial charge in [0.25, 0.3) is 15.9 Å². The average molecular weight is 373 g/mol. The third-order valence-corrected chi connectivity index (χ3v) is 5.53. The lowest BCUT2D eigenvalue weighted by Gasteiger charge is -2.05. The van der Waals surface area contributed by atoms with E-state index in [1.54, 1.807) is 24.3 Å². The van der Waals surface area contributed by atoms with E-state index in [4.69, 9.17) is 0 Å². The summed E-state index contributed by atoms with van der Waals surface area (Å²) in [5.74, 6) is -0.396. The third-order valence-electron chi connectivity index (χ3n) is 3.29. The Morgan fingerprint density at radius 1 is 1.08 bits per heavy atom. The van der Waals surface area contributed by atoms with Crippen LogP contribution in [0.4, 0.5) is 10.8 Å². The molecule has 2 aromatic carbocycles. The van der Waals surface area contributed by atoms with Gasteiger partial charge in [0.1, 0.15) is 5.69 Å². The molecule has 0 aliphatic heterocycles. The van der Waals surface area contributed by atoms with Gasteiger partial charge in [0.2, 0.25) is 0 Å². The van der Waals surface area contributed by atoms with Crippen LogP contribution in [0.1, 0.15) is 16.1 Å². The molecule has 6 nitrogen and oxygen atoms in total. The van der Waals surface area contributed by atoms with E-state index < -0.39 is 15.9 Å². The molecule has 0 aliphatic carbocycles. The first-order valence-corrected chi connectivity index (χ1v) is 9.72. The fraction of sp³-hybridized carbons (Fsp3) is 0.0588. The maximum absolute atomic E-state index is 12.3. The van der Waals surface area contributed by atoms with Crippen molar-refractivity contribution in [3.05, 3.63) is 71.2 Å². The summed E-state index contributed by atoms with van der Waals surface area (Å²) in [6.45, 7) is 1.93. The van der Waals surface area contributed by atoms with Gasteiger partial charge in [0.05, 0.1) is 4.90 Å². The molecule has 0 saturated heterocycles. The van der Waals surface area contributed by atoms with Gasteiger partial charge >= 0.3 is 0 Å². The van der Waals surface area contributed by atoms with Crippen LogP contribution < -0.4 is 10.0 Å². The van der Waals surface area contributed by atoms with Crippen LogP contribution in [0.3, 0.4) is 0 Å². The number of rotatable bonds is 5. The summed E-state index contributed by atoms with van der Waals surface area (Å²) in [6, 6.07) is 15.4. The van der Waals surface area contributed by atoms with Gasteiger partial charge in [-0.3, -0.25) is 9.52 Å². The minimum absolute atomic E-state index is 0.135. The van der Waals surface area contributed by atoms with Crippen LogP contribution in [0.15, 0.2) is 64.9 Å². The van der Waals surface area contributed by atoms with Crippen molar-refractivity contribution < 1.29 is 13.2 Å². The quantitative estimate of drug-likeness (QED) is 0.716. The van der Waals surface area contributed by atoms with Gasteiger partial charge < -0.3 is 5.32 Å². The summed E-state index contributed by atoms with van der Waals surface area (Å²) in [5.41, 5.74) is 1.83. The summed E-state index contributed by atoms with van der Waals surface area (Å²) in [7, 11) is -3.72. The molecule has 0 fully saturated rings. The predicted molar refractivity (Wildman–Crippen MR) is 98.5 cm³/mol.